The van der Waals surface area contributed by atoms with Gasteiger partial charge in [0, 0.05) is 12.8 Å². The number of carbonyl (C=O) groups is 2. The van der Waals surface area contributed by atoms with Gasteiger partial charge in [-0.15, -0.1) is 0 Å². The summed E-state index contributed by atoms with van der Waals surface area (Å²) in [7, 11) is 0. The quantitative estimate of drug-likeness (QED) is 0.0401. The molecule has 2 unspecified atom stereocenters. The molecule has 0 heterocycles. The lowest BCUT2D eigenvalue weighted by molar-refractivity contribution is -0.138. The SMILES string of the molecule is CC(O)C#C/C=C\CC[C@H]1C[C@H]1CCCC(=O)O.CC(O)C#C/C=C\CC[C@H]1C[C@H]1CCCC(=O)O.CCCCC[C@@H]1C[C@@H]1CC/C=C\C=C\[C@H](C)O. The molecule has 298 valence electrons. The zero-order valence-electron chi connectivity index (χ0n) is 33.3. The number of carboxylic acids is 2. The van der Waals surface area contributed by atoms with E-state index in [1.54, 1.807) is 39.0 Å². The fourth-order valence-electron chi connectivity index (χ4n) is 6.69. The third-order valence-corrected chi connectivity index (χ3v) is 10.1. The van der Waals surface area contributed by atoms with Crippen LogP contribution in [0.1, 0.15) is 150 Å². The van der Waals surface area contributed by atoms with E-state index in [4.69, 9.17) is 25.5 Å². The fraction of sp³-hybridized carbons (Fsp3) is 0.696. The van der Waals surface area contributed by atoms with Gasteiger partial charge in [0.05, 0.1) is 6.10 Å². The molecular formula is C46H72O7. The third-order valence-electron chi connectivity index (χ3n) is 10.1. The van der Waals surface area contributed by atoms with Crippen molar-refractivity contribution >= 4 is 11.9 Å². The highest BCUT2D eigenvalue weighted by Crippen LogP contribution is 2.46. The topological polar surface area (TPSA) is 135 Å². The van der Waals surface area contributed by atoms with Crippen molar-refractivity contribution < 1.29 is 35.1 Å². The number of aliphatic hydroxyl groups is 3. The van der Waals surface area contributed by atoms with Gasteiger partial charge in [0.15, 0.2) is 0 Å². The van der Waals surface area contributed by atoms with Crippen LogP contribution in [0.3, 0.4) is 0 Å². The second-order valence-electron chi connectivity index (χ2n) is 15.4. The highest BCUT2D eigenvalue weighted by molar-refractivity contribution is 5.66. The summed E-state index contributed by atoms with van der Waals surface area (Å²) in [6.07, 6.45) is 35.2. The maximum atomic E-state index is 10.4. The average molecular weight is 737 g/mol. The Labute approximate surface area is 322 Å². The Morgan fingerprint density at radius 2 is 0.981 bits per heavy atom. The molecule has 0 amide bonds. The van der Waals surface area contributed by atoms with E-state index in [9.17, 15) is 9.59 Å². The summed E-state index contributed by atoms with van der Waals surface area (Å²) in [6.45, 7) is 7.34. The van der Waals surface area contributed by atoms with Crippen molar-refractivity contribution in [3.05, 3.63) is 48.6 Å². The Morgan fingerprint density at radius 1 is 0.585 bits per heavy atom. The molecule has 0 aromatic rings. The van der Waals surface area contributed by atoms with Crippen LogP contribution in [0.15, 0.2) is 48.6 Å². The molecule has 0 spiro atoms. The van der Waals surface area contributed by atoms with Crippen LogP contribution in [0, 0.1) is 59.2 Å². The third kappa shape index (κ3) is 31.0. The number of aliphatic hydroxyl groups excluding tert-OH is 3. The van der Waals surface area contributed by atoms with Crippen molar-refractivity contribution in [2.24, 2.45) is 35.5 Å². The molecule has 3 saturated carbocycles. The first-order chi connectivity index (χ1) is 25.4. The van der Waals surface area contributed by atoms with Crippen molar-refractivity contribution in [2.75, 3.05) is 0 Å². The highest BCUT2D eigenvalue weighted by Gasteiger charge is 2.36. The molecule has 0 aromatic heterocycles. The van der Waals surface area contributed by atoms with E-state index in [1.807, 2.05) is 18.2 Å². The van der Waals surface area contributed by atoms with Crippen molar-refractivity contribution in [3.8, 4) is 23.7 Å². The van der Waals surface area contributed by atoms with Crippen LogP contribution in [-0.4, -0.2) is 55.8 Å². The Bertz CT molecular complexity index is 1170. The molecule has 7 nitrogen and oxygen atoms in total. The number of aliphatic carboxylic acids is 2. The average Bonchev–Trinajstić information content (AvgIpc) is 4.01. The summed E-state index contributed by atoms with van der Waals surface area (Å²) in [5, 5.41) is 43.9. The van der Waals surface area contributed by atoms with E-state index < -0.39 is 24.1 Å². The number of allylic oxidation sites excluding steroid dienone is 7. The van der Waals surface area contributed by atoms with Gasteiger partial charge < -0.3 is 25.5 Å². The zero-order chi connectivity index (χ0) is 39.3. The lowest BCUT2D eigenvalue weighted by Gasteiger charge is -1.98. The van der Waals surface area contributed by atoms with Gasteiger partial charge in [-0.25, -0.2) is 0 Å². The minimum absolute atomic E-state index is 0.304. The van der Waals surface area contributed by atoms with Crippen LogP contribution in [0.4, 0.5) is 0 Å². The Morgan fingerprint density at radius 3 is 1.36 bits per heavy atom. The normalized spacial score (nSPS) is 24.2. The summed E-state index contributed by atoms with van der Waals surface area (Å²) in [4.78, 5) is 20.7. The fourth-order valence-corrected chi connectivity index (χ4v) is 6.69. The predicted octanol–water partition coefficient (Wildman–Crippen LogP) is 9.67. The second-order valence-corrected chi connectivity index (χ2v) is 15.4. The van der Waals surface area contributed by atoms with Crippen LogP contribution in [0.5, 0.6) is 0 Å². The van der Waals surface area contributed by atoms with E-state index in [0.717, 1.165) is 74.0 Å². The molecule has 0 radical (unpaired) electrons. The first-order valence-electron chi connectivity index (χ1n) is 20.6. The van der Waals surface area contributed by atoms with Gasteiger partial charge in [0.2, 0.25) is 0 Å². The smallest absolute Gasteiger partial charge is 0.303 e. The van der Waals surface area contributed by atoms with Crippen molar-refractivity contribution in [2.45, 2.75) is 168 Å². The molecular weight excluding hydrogens is 664 g/mol. The molecule has 3 fully saturated rings. The number of hydrogen-bond acceptors (Lipinski definition) is 5. The summed E-state index contributed by atoms with van der Waals surface area (Å²) >= 11 is 0. The Balaban J connectivity index is 0.000000398. The van der Waals surface area contributed by atoms with Crippen LogP contribution >= 0.6 is 0 Å². The van der Waals surface area contributed by atoms with Gasteiger partial charge in [0.1, 0.15) is 12.2 Å². The van der Waals surface area contributed by atoms with E-state index >= 15 is 0 Å². The molecule has 3 aliphatic rings. The molecule has 7 heteroatoms. The molecule has 0 aliphatic heterocycles. The van der Waals surface area contributed by atoms with Gasteiger partial charge in [0.25, 0.3) is 0 Å². The van der Waals surface area contributed by atoms with Crippen molar-refractivity contribution in [1.82, 2.24) is 0 Å². The van der Waals surface area contributed by atoms with Crippen LogP contribution in [0.2, 0.25) is 0 Å². The van der Waals surface area contributed by atoms with Crippen molar-refractivity contribution in [3.63, 3.8) is 0 Å². The monoisotopic (exact) mass is 737 g/mol. The standard InChI is InChI=1S/C16H28O.2C15H22O3/c1-3-4-7-11-15-13-16(15)12-9-6-5-8-10-14(2)17;2*1-12(16)7-4-2-3-5-8-13-11-14(13)9-6-10-15(17)18/h5-6,8,10,14-17H,3-4,7,9,11-13H2,1-2H3;2*2-3,12-14,16H,5-6,8-11H2,1H3,(H,17,18)/b6-5-,10-8+;2*3-2-/t14-,15+,16-;2*12?,13-,14+/m000/s1. The summed E-state index contributed by atoms with van der Waals surface area (Å²) < 4.78 is 0. The summed E-state index contributed by atoms with van der Waals surface area (Å²) in [5.74, 6) is 14.7. The molecule has 9 atom stereocenters. The summed E-state index contributed by atoms with van der Waals surface area (Å²) in [5.41, 5.74) is 0. The van der Waals surface area contributed by atoms with Gasteiger partial charge in [-0.2, -0.15) is 0 Å². The first kappa shape index (κ1) is 47.9. The van der Waals surface area contributed by atoms with E-state index in [0.29, 0.717) is 12.8 Å². The minimum Gasteiger partial charge on any atom is -0.481 e. The molecule has 0 bridgehead atoms. The molecule has 53 heavy (non-hydrogen) atoms. The minimum atomic E-state index is -0.688. The Kier molecular flexibility index (Phi) is 27.4. The van der Waals surface area contributed by atoms with E-state index in [1.165, 1.54) is 70.6 Å². The number of rotatable bonds is 23. The molecule has 5 N–H and O–H groups in total. The predicted molar refractivity (Wildman–Crippen MR) is 217 cm³/mol. The maximum Gasteiger partial charge on any atom is 0.303 e. The van der Waals surface area contributed by atoms with Gasteiger partial charge >= 0.3 is 11.9 Å². The van der Waals surface area contributed by atoms with Gasteiger partial charge in [-0.1, -0.05) is 92.7 Å². The van der Waals surface area contributed by atoms with E-state index in [-0.39, 0.29) is 6.10 Å². The highest BCUT2D eigenvalue weighted by atomic mass is 16.4. The molecule has 3 rings (SSSR count). The van der Waals surface area contributed by atoms with Crippen LogP contribution in [0.25, 0.3) is 0 Å². The summed E-state index contributed by atoms with van der Waals surface area (Å²) in [6, 6.07) is 0. The number of carboxylic acid groups (broad SMARTS) is 2. The number of unbranched alkanes of at least 4 members (excludes halogenated alkanes) is 2. The maximum absolute atomic E-state index is 10.4. The lowest BCUT2D eigenvalue weighted by Crippen LogP contribution is -1.94. The van der Waals surface area contributed by atoms with Crippen LogP contribution in [-0.2, 0) is 9.59 Å². The van der Waals surface area contributed by atoms with Gasteiger partial charge in [-0.05, 0) is 152 Å². The van der Waals surface area contributed by atoms with Crippen molar-refractivity contribution in [1.29, 1.82) is 0 Å². The largest absolute Gasteiger partial charge is 0.481 e. The lowest BCUT2D eigenvalue weighted by atomic mass is 10.1. The first-order valence-corrected chi connectivity index (χ1v) is 20.6. The number of hydrogen-bond donors (Lipinski definition) is 5. The van der Waals surface area contributed by atoms with Gasteiger partial charge in [-0.3, -0.25) is 9.59 Å². The molecule has 0 aromatic carbocycles. The van der Waals surface area contributed by atoms with Crippen LogP contribution < -0.4 is 0 Å². The second kappa shape index (κ2) is 30.3. The molecule has 3 aliphatic carbocycles. The Hall–Kier alpha value is -3.10. The molecule has 0 saturated heterocycles. The zero-order valence-corrected chi connectivity index (χ0v) is 33.3. The van der Waals surface area contributed by atoms with E-state index in [2.05, 4.69) is 42.8 Å².